The van der Waals surface area contributed by atoms with Gasteiger partial charge in [0.2, 0.25) is 11.8 Å². The molecule has 0 aliphatic heterocycles. The molecule has 118 valence electrons. The van der Waals surface area contributed by atoms with Crippen LogP contribution in [-0.4, -0.2) is 23.8 Å². The third kappa shape index (κ3) is 3.84. The maximum atomic E-state index is 12.0. The van der Waals surface area contributed by atoms with Gasteiger partial charge in [0, 0.05) is 5.56 Å². The third-order valence-corrected chi connectivity index (χ3v) is 4.09. The van der Waals surface area contributed by atoms with Crippen LogP contribution in [0.15, 0.2) is 24.3 Å². The molecule has 0 aromatic heterocycles. The fourth-order valence-electron chi connectivity index (χ4n) is 2.84. The second-order valence-electron chi connectivity index (χ2n) is 5.67. The molecule has 0 atom stereocenters. The minimum atomic E-state index is -1.49. The Balaban J connectivity index is 2.04. The summed E-state index contributed by atoms with van der Waals surface area (Å²) in [5.74, 6) is -1.94. The van der Waals surface area contributed by atoms with Crippen LogP contribution < -0.4 is 16.8 Å². The molecule has 0 heterocycles. The van der Waals surface area contributed by atoms with Crippen molar-refractivity contribution in [2.75, 3.05) is 0 Å². The molecular formula is C16H21N3O3. The quantitative estimate of drug-likeness (QED) is 0.699. The zero-order valence-corrected chi connectivity index (χ0v) is 12.4. The van der Waals surface area contributed by atoms with E-state index in [0.717, 1.165) is 0 Å². The van der Waals surface area contributed by atoms with Crippen LogP contribution in [0.25, 0.3) is 0 Å². The van der Waals surface area contributed by atoms with Crippen LogP contribution in [0.2, 0.25) is 0 Å². The monoisotopic (exact) mass is 303 g/mol. The van der Waals surface area contributed by atoms with Crippen molar-refractivity contribution >= 4 is 17.7 Å². The van der Waals surface area contributed by atoms with Crippen molar-refractivity contribution in [3.05, 3.63) is 35.4 Å². The zero-order valence-electron chi connectivity index (χ0n) is 12.4. The predicted molar refractivity (Wildman–Crippen MR) is 81.9 cm³/mol. The molecule has 0 saturated heterocycles. The van der Waals surface area contributed by atoms with E-state index in [-0.39, 0.29) is 0 Å². The topological polar surface area (TPSA) is 115 Å². The lowest BCUT2D eigenvalue weighted by Crippen LogP contribution is -2.52. The average Bonchev–Trinajstić information content (AvgIpc) is 2.52. The molecule has 3 amide bonds. The number of benzene rings is 1. The van der Waals surface area contributed by atoms with Gasteiger partial charge >= 0.3 is 0 Å². The Morgan fingerprint density at radius 1 is 0.955 bits per heavy atom. The first kappa shape index (κ1) is 16.0. The summed E-state index contributed by atoms with van der Waals surface area (Å²) in [4.78, 5) is 34.2. The van der Waals surface area contributed by atoms with Crippen LogP contribution in [0.5, 0.6) is 0 Å². The molecule has 0 radical (unpaired) electrons. The van der Waals surface area contributed by atoms with E-state index in [9.17, 15) is 14.4 Å². The van der Waals surface area contributed by atoms with Crippen molar-refractivity contribution in [2.45, 2.75) is 44.1 Å². The Kier molecular flexibility index (Phi) is 5.14. The van der Waals surface area contributed by atoms with E-state index in [1.165, 1.54) is 37.7 Å². The summed E-state index contributed by atoms with van der Waals surface area (Å²) in [5, 5.41) is 2.24. The van der Waals surface area contributed by atoms with Gasteiger partial charge in [-0.05, 0) is 36.5 Å². The second kappa shape index (κ2) is 7.06. The first-order chi connectivity index (χ1) is 10.5. The SMILES string of the molecule is NC(=O)C(NC(=O)c1ccc(C2CCCCC2)cc1)C(N)=O. The van der Waals surface area contributed by atoms with Crippen LogP contribution in [0.1, 0.15) is 53.9 Å². The summed E-state index contributed by atoms with van der Waals surface area (Å²) in [6, 6.07) is 5.74. The lowest BCUT2D eigenvalue weighted by atomic mass is 9.84. The minimum Gasteiger partial charge on any atom is -0.367 e. The summed E-state index contributed by atoms with van der Waals surface area (Å²) in [5.41, 5.74) is 11.6. The summed E-state index contributed by atoms with van der Waals surface area (Å²) in [7, 11) is 0. The highest BCUT2D eigenvalue weighted by Gasteiger charge is 2.24. The van der Waals surface area contributed by atoms with Gasteiger partial charge in [-0.1, -0.05) is 31.4 Å². The molecule has 5 N–H and O–H groups in total. The first-order valence-electron chi connectivity index (χ1n) is 7.48. The van der Waals surface area contributed by atoms with Crippen molar-refractivity contribution in [1.29, 1.82) is 0 Å². The Labute approximate surface area is 129 Å². The van der Waals surface area contributed by atoms with E-state index in [1.807, 2.05) is 12.1 Å². The van der Waals surface area contributed by atoms with Crippen LogP contribution in [0.4, 0.5) is 0 Å². The number of amides is 3. The summed E-state index contributed by atoms with van der Waals surface area (Å²) in [6.45, 7) is 0. The smallest absolute Gasteiger partial charge is 0.252 e. The fourth-order valence-corrected chi connectivity index (χ4v) is 2.84. The number of carbonyl (C=O) groups is 3. The van der Waals surface area contributed by atoms with Crippen molar-refractivity contribution < 1.29 is 14.4 Å². The third-order valence-electron chi connectivity index (χ3n) is 4.09. The van der Waals surface area contributed by atoms with E-state index in [0.29, 0.717) is 11.5 Å². The van der Waals surface area contributed by atoms with Crippen LogP contribution in [-0.2, 0) is 9.59 Å². The van der Waals surface area contributed by atoms with Gasteiger partial charge in [-0.15, -0.1) is 0 Å². The van der Waals surface area contributed by atoms with Gasteiger partial charge in [-0.3, -0.25) is 14.4 Å². The van der Waals surface area contributed by atoms with Gasteiger partial charge in [-0.2, -0.15) is 0 Å². The summed E-state index contributed by atoms with van der Waals surface area (Å²) < 4.78 is 0. The van der Waals surface area contributed by atoms with Gasteiger partial charge < -0.3 is 16.8 Å². The highest BCUT2D eigenvalue weighted by atomic mass is 16.2. The molecule has 0 unspecified atom stereocenters. The molecule has 22 heavy (non-hydrogen) atoms. The number of hydrogen-bond acceptors (Lipinski definition) is 3. The summed E-state index contributed by atoms with van der Waals surface area (Å²) in [6.07, 6.45) is 6.13. The van der Waals surface area contributed by atoms with Gasteiger partial charge in [0.25, 0.3) is 5.91 Å². The number of carbonyl (C=O) groups excluding carboxylic acids is 3. The molecule has 1 aromatic rings. The van der Waals surface area contributed by atoms with Crippen LogP contribution in [0, 0.1) is 0 Å². The van der Waals surface area contributed by atoms with Crippen LogP contribution >= 0.6 is 0 Å². The predicted octanol–water partition coefficient (Wildman–Crippen LogP) is 0.803. The molecule has 1 aromatic carbocycles. The van der Waals surface area contributed by atoms with E-state index >= 15 is 0 Å². The first-order valence-corrected chi connectivity index (χ1v) is 7.48. The van der Waals surface area contributed by atoms with Crippen molar-refractivity contribution in [3.8, 4) is 0 Å². The largest absolute Gasteiger partial charge is 0.367 e. The molecule has 1 aliphatic carbocycles. The molecule has 6 heteroatoms. The number of nitrogens with two attached hydrogens (primary N) is 2. The molecule has 1 saturated carbocycles. The highest BCUT2D eigenvalue weighted by molar-refractivity contribution is 6.08. The van der Waals surface area contributed by atoms with Gasteiger partial charge in [0.05, 0.1) is 0 Å². The normalized spacial score (nSPS) is 15.5. The fraction of sp³-hybridized carbons (Fsp3) is 0.438. The van der Waals surface area contributed by atoms with Gasteiger partial charge in [0.1, 0.15) is 0 Å². The number of rotatable bonds is 5. The second-order valence-corrected chi connectivity index (χ2v) is 5.67. The number of hydrogen-bond donors (Lipinski definition) is 3. The maximum absolute atomic E-state index is 12.0. The van der Waals surface area contributed by atoms with Gasteiger partial charge in [0.15, 0.2) is 6.04 Å². The molecule has 1 fully saturated rings. The number of nitrogens with one attached hydrogen (secondary N) is 1. The van der Waals surface area contributed by atoms with Crippen molar-refractivity contribution in [2.24, 2.45) is 11.5 Å². The van der Waals surface area contributed by atoms with Crippen LogP contribution in [0.3, 0.4) is 0 Å². The highest BCUT2D eigenvalue weighted by Crippen LogP contribution is 2.32. The Morgan fingerprint density at radius 3 is 2.00 bits per heavy atom. The average molecular weight is 303 g/mol. The zero-order chi connectivity index (χ0) is 16.1. The van der Waals surface area contributed by atoms with Crippen molar-refractivity contribution in [1.82, 2.24) is 5.32 Å². The molecule has 2 rings (SSSR count). The Hall–Kier alpha value is -2.37. The standard InChI is InChI=1S/C16H21N3O3/c17-14(20)13(15(18)21)19-16(22)12-8-6-11(7-9-12)10-4-2-1-3-5-10/h6-10,13H,1-5H2,(H2,17,20)(H2,18,21)(H,19,22). The molecule has 6 nitrogen and oxygen atoms in total. The molecular weight excluding hydrogens is 282 g/mol. The van der Waals surface area contributed by atoms with Gasteiger partial charge in [-0.25, -0.2) is 0 Å². The minimum absolute atomic E-state index is 0.368. The van der Waals surface area contributed by atoms with E-state index < -0.39 is 23.8 Å². The Morgan fingerprint density at radius 2 is 1.50 bits per heavy atom. The molecule has 0 spiro atoms. The van der Waals surface area contributed by atoms with Crippen molar-refractivity contribution in [3.63, 3.8) is 0 Å². The lowest BCUT2D eigenvalue weighted by Gasteiger charge is -2.22. The maximum Gasteiger partial charge on any atom is 0.252 e. The van der Waals surface area contributed by atoms with E-state index in [2.05, 4.69) is 5.32 Å². The molecule has 0 bridgehead atoms. The lowest BCUT2D eigenvalue weighted by molar-refractivity contribution is -0.128. The van der Waals surface area contributed by atoms with E-state index in [1.54, 1.807) is 12.1 Å². The number of primary amides is 2. The Bertz CT molecular complexity index is 549. The summed E-state index contributed by atoms with van der Waals surface area (Å²) >= 11 is 0. The molecule has 1 aliphatic rings. The van der Waals surface area contributed by atoms with E-state index in [4.69, 9.17) is 11.5 Å².